The molecule has 0 unspecified atom stereocenters. The lowest BCUT2D eigenvalue weighted by molar-refractivity contribution is -0.138. The van der Waals surface area contributed by atoms with Crippen LogP contribution in [-0.4, -0.2) is 25.1 Å². The molecule has 1 aliphatic rings. The van der Waals surface area contributed by atoms with Crippen LogP contribution < -0.4 is 10.0 Å². The van der Waals surface area contributed by atoms with Crippen molar-refractivity contribution in [2.75, 3.05) is 10.0 Å². The van der Waals surface area contributed by atoms with Crippen molar-refractivity contribution < 1.29 is 22.4 Å². The van der Waals surface area contributed by atoms with Crippen molar-refractivity contribution in [2.45, 2.75) is 43.0 Å². The van der Waals surface area contributed by atoms with E-state index in [1.54, 1.807) is 60.7 Å². The molecule has 0 fully saturated rings. The first-order valence-corrected chi connectivity index (χ1v) is 15.3. The minimum Gasteiger partial charge on any atom is -0.467 e. The van der Waals surface area contributed by atoms with Gasteiger partial charge in [-0.05, 0) is 79.1 Å². The lowest BCUT2D eigenvalue weighted by Crippen LogP contribution is -2.31. The Hall–Kier alpha value is -4.28. The number of hydrogen-bond acceptors (Lipinski definition) is 7. The maximum atomic E-state index is 13.5. The highest BCUT2D eigenvalue weighted by Crippen LogP contribution is 2.37. The van der Waals surface area contributed by atoms with Crippen LogP contribution in [0.4, 0.5) is 11.4 Å². The quantitative estimate of drug-likeness (QED) is 0.204. The highest BCUT2D eigenvalue weighted by atomic mass is 32.2. The zero-order valence-electron chi connectivity index (χ0n) is 22.7. The Kier molecular flexibility index (Phi) is 8.05. The molecule has 0 saturated carbocycles. The summed E-state index contributed by atoms with van der Waals surface area (Å²) < 4.78 is 33.5. The standard InChI is InChI=1S/C31H29N3O5S2/c1-20(2)22-8-10-23(11-9-22)32-28-29(31(36)34(30(28)35)19-25-5-4-18-39-25)40-26-14-12-24(13-15-26)33-41(37,38)27-16-6-21(3)7-17-27/h4-18,20,32-33H,19H2,1-3H3. The lowest BCUT2D eigenvalue weighted by atomic mass is 10.0. The molecule has 210 valence electrons. The summed E-state index contributed by atoms with van der Waals surface area (Å²) in [6, 6.07) is 24.4. The van der Waals surface area contributed by atoms with Crippen LogP contribution in [0.25, 0.3) is 0 Å². The number of imide groups is 1. The van der Waals surface area contributed by atoms with Gasteiger partial charge in [0, 0.05) is 16.3 Å². The molecule has 0 radical (unpaired) electrons. The van der Waals surface area contributed by atoms with Gasteiger partial charge in [-0.15, -0.1) is 0 Å². The molecule has 4 aromatic rings. The van der Waals surface area contributed by atoms with Gasteiger partial charge in [-0.3, -0.25) is 19.2 Å². The van der Waals surface area contributed by atoms with E-state index in [2.05, 4.69) is 23.9 Å². The smallest absolute Gasteiger partial charge is 0.278 e. The largest absolute Gasteiger partial charge is 0.467 e. The molecule has 8 nitrogen and oxygen atoms in total. The van der Waals surface area contributed by atoms with Crippen molar-refractivity contribution in [1.29, 1.82) is 0 Å². The monoisotopic (exact) mass is 587 g/mol. The van der Waals surface area contributed by atoms with Crippen molar-refractivity contribution in [3.05, 3.63) is 119 Å². The van der Waals surface area contributed by atoms with Crippen LogP contribution in [0.5, 0.6) is 0 Å². The van der Waals surface area contributed by atoms with E-state index in [9.17, 15) is 18.0 Å². The molecule has 10 heteroatoms. The topological polar surface area (TPSA) is 109 Å². The van der Waals surface area contributed by atoms with Gasteiger partial charge in [0.15, 0.2) is 0 Å². The number of hydrogen-bond donors (Lipinski definition) is 2. The molecule has 0 atom stereocenters. The Morgan fingerprint density at radius 3 is 2.12 bits per heavy atom. The molecule has 0 aliphatic carbocycles. The summed E-state index contributed by atoms with van der Waals surface area (Å²) in [4.78, 5) is 29.1. The van der Waals surface area contributed by atoms with Crippen LogP contribution in [0, 0.1) is 6.92 Å². The first-order valence-electron chi connectivity index (χ1n) is 13.0. The number of carbonyl (C=O) groups is 2. The number of nitrogens with one attached hydrogen (secondary N) is 2. The van der Waals surface area contributed by atoms with Crippen molar-refractivity contribution in [3.8, 4) is 0 Å². The molecule has 0 spiro atoms. The Bertz CT molecular complexity index is 1690. The number of carbonyl (C=O) groups excluding carboxylic acids is 2. The number of nitrogens with zero attached hydrogens (tertiary/aromatic N) is 1. The molecule has 0 saturated heterocycles. The first kappa shape index (κ1) is 28.3. The highest BCUT2D eigenvalue weighted by molar-refractivity contribution is 8.04. The normalized spacial score (nSPS) is 13.8. The van der Waals surface area contributed by atoms with Gasteiger partial charge in [-0.2, -0.15) is 0 Å². The fourth-order valence-electron chi connectivity index (χ4n) is 4.20. The van der Waals surface area contributed by atoms with Crippen LogP contribution in [0.3, 0.4) is 0 Å². The average Bonchev–Trinajstić information content (AvgIpc) is 3.54. The van der Waals surface area contributed by atoms with Gasteiger partial charge in [0.1, 0.15) is 16.4 Å². The fourth-order valence-corrected chi connectivity index (χ4v) is 6.20. The second-order valence-corrected chi connectivity index (χ2v) is 12.7. The third kappa shape index (κ3) is 6.39. The number of amides is 2. The maximum absolute atomic E-state index is 13.5. The van der Waals surface area contributed by atoms with Crippen molar-refractivity contribution in [3.63, 3.8) is 0 Å². The molecule has 41 heavy (non-hydrogen) atoms. The van der Waals surface area contributed by atoms with Crippen molar-refractivity contribution in [1.82, 2.24) is 4.90 Å². The minimum atomic E-state index is -3.76. The summed E-state index contributed by atoms with van der Waals surface area (Å²) >= 11 is 1.14. The zero-order valence-corrected chi connectivity index (χ0v) is 24.4. The van der Waals surface area contributed by atoms with E-state index in [4.69, 9.17) is 4.42 Å². The molecule has 1 aromatic heterocycles. The fraction of sp³-hybridized carbons (Fsp3) is 0.161. The third-order valence-electron chi connectivity index (χ3n) is 6.52. The van der Waals surface area contributed by atoms with E-state index in [0.717, 1.165) is 27.8 Å². The number of sulfonamides is 1. The van der Waals surface area contributed by atoms with E-state index < -0.39 is 21.8 Å². The second kappa shape index (κ2) is 11.7. The molecule has 3 aromatic carbocycles. The molecule has 0 bridgehead atoms. The third-order valence-corrected chi connectivity index (χ3v) is 9.01. The predicted molar refractivity (Wildman–Crippen MR) is 160 cm³/mol. The van der Waals surface area contributed by atoms with Crippen LogP contribution in [-0.2, 0) is 26.2 Å². The Morgan fingerprint density at radius 1 is 0.854 bits per heavy atom. The summed E-state index contributed by atoms with van der Waals surface area (Å²) in [6.45, 7) is 6.10. The summed E-state index contributed by atoms with van der Waals surface area (Å²) in [5.74, 6) is -0.0489. The van der Waals surface area contributed by atoms with Crippen LogP contribution in [0.2, 0.25) is 0 Å². The maximum Gasteiger partial charge on any atom is 0.278 e. The van der Waals surface area contributed by atoms with E-state index in [1.807, 2.05) is 31.2 Å². The van der Waals surface area contributed by atoms with E-state index in [-0.39, 0.29) is 22.0 Å². The molecule has 2 amide bonds. The van der Waals surface area contributed by atoms with E-state index in [1.165, 1.54) is 6.26 Å². The molecule has 2 N–H and O–H groups in total. The summed E-state index contributed by atoms with van der Waals surface area (Å²) in [5.41, 5.74) is 3.35. The van der Waals surface area contributed by atoms with Gasteiger partial charge in [0.2, 0.25) is 0 Å². The number of furan rings is 1. The van der Waals surface area contributed by atoms with E-state index >= 15 is 0 Å². The Morgan fingerprint density at radius 2 is 1.51 bits per heavy atom. The zero-order chi connectivity index (χ0) is 29.1. The molecule has 5 rings (SSSR count). The number of aryl methyl sites for hydroxylation is 1. The Labute approximate surface area is 243 Å². The average molecular weight is 588 g/mol. The second-order valence-electron chi connectivity index (χ2n) is 9.93. The number of rotatable bonds is 10. The first-order chi connectivity index (χ1) is 19.6. The SMILES string of the molecule is Cc1ccc(S(=O)(=O)Nc2ccc(SC3=C(Nc4ccc(C(C)C)cc4)C(=O)N(Cc4ccco4)C3=O)cc2)cc1. The highest BCUT2D eigenvalue weighted by Gasteiger charge is 2.39. The van der Waals surface area contributed by atoms with E-state index in [0.29, 0.717) is 27.9 Å². The molecule has 2 heterocycles. The Balaban J connectivity index is 1.39. The van der Waals surface area contributed by atoms with Gasteiger partial charge >= 0.3 is 0 Å². The number of benzene rings is 3. The van der Waals surface area contributed by atoms with Crippen LogP contribution >= 0.6 is 11.8 Å². The minimum absolute atomic E-state index is 0.00587. The summed E-state index contributed by atoms with van der Waals surface area (Å²) in [6.07, 6.45) is 1.49. The van der Waals surface area contributed by atoms with Crippen LogP contribution in [0.1, 0.15) is 36.7 Å². The molecular formula is C31H29N3O5S2. The summed E-state index contributed by atoms with van der Waals surface area (Å²) in [5, 5.41) is 3.16. The van der Waals surface area contributed by atoms with Crippen molar-refractivity contribution in [2.24, 2.45) is 0 Å². The van der Waals surface area contributed by atoms with Crippen molar-refractivity contribution >= 4 is 45.0 Å². The molecule has 1 aliphatic heterocycles. The van der Waals surface area contributed by atoms with Gasteiger partial charge in [-0.1, -0.05) is 55.4 Å². The molecular weight excluding hydrogens is 558 g/mol. The van der Waals surface area contributed by atoms with Gasteiger partial charge in [0.25, 0.3) is 21.8 Å². The number of thioether (sulfide) groups is 1. The predicted octanol–water partition coefficient (Wildman–Crippen LogP) is 6.50. The van der Waals surface area contributed by atoms with Crippen LogP contribution in [0.15, 0.2) is 116 Å². The number of anilines is 2. The van der Waals surface area contributed by atoms with Gasteiger partial charge < -0.3 is 9.73 Å². The van der Waals surface area contributed by atoms with Gasteiger partial charge in [-0.25, -0.2) is 8.42 Å². The van der Waals surface area contributed by atoms with Gasteiger partial charge in [0.05, 0.1) is 17.7 Å². The summed E-state index contributed by atoms with van der Waals surface area (Å²) in [7, 11) is -3.76. The lowest BCUT2D eigenvalue weighted by Gasteiger charge is -2.14.